The van der Waals surface area contributed by atoms with Crippen molar-refractivity contribution in [2.45, 2.75) is 26.9 Å². The number of ether oxygens (including phenoxy) is 2. The second kappa shape index (κ2) is 12.3. The summed E-state index contributed by atoms with van der Waals surface area (Å²) in [5.74, 6) is 0.981. The van der Waals surface area contributed by atoms with Crippen molar-refractivity contribution in [3.8, 4) is 11.5 Å². The summed E-state index contributed by atoms with van der Waals surface area (Å²) in [7, 11) is 0. The number of rotatable bonds is 10. The number of carbonyl (C=O) groups excluding carboxylic acids is 1. The van der Waals surface area contributed by atoms with Crippen LogP contribution in [0.1, 0.15) is 39.7 Å². The second-order valence-corrected chi connectivity index (χ2v) is 10.1. The van der Waals surface area contributed by atoms with Crippen LogP contribution < -0.4 is 14.9 Å². The average Bonchev–Trinajstić information content (AvgIpc) is 3.30. The number of fused-ring (bicyclic) bond motifs is 1. The van der Waals surface area contributed by atoms with E-state index < -0.39 is 5.91 Å². The molecule has 6 nitrogen and oxygen atoms in total. The third kappa shape index (κ3) is 6.70. The first-order valence-electron chi connectivity index (χ1n) is 11.7. The number of benzene rings is 3. The SMILES string of the molecule is C=CCc1cc(/C=N\NC(=O)c2cc3cc(Br)cc(Br)c3o2)cc(OCC)c1OCc1ccc(C)cc1. The van der Waals surface area contributed by atoms with Gasteiger partial charge in [0.1, 0.15) is 12.2 Å². The van der Waals surface area contributed by atoms with E-state index in [1.165, 1.54) is 5.56 Å². The van der Waals surface area contributed by atoms with Gasteiger partial charge in [-0.05, 0) is 77.7 Å². The maximum absolute atomic E-state index is 12.6. The molecule has 1 aromatic heterocycles. The second-order valence-electron chi connectivity index (χ2n) is 8.32. The Kier molecular flexibility index (Phi) is 8.84. The number of amides is 1. The highest BCUT2D eigenvalue weighted by atomic mass is 79.9. The Balaban J connectivity index is 1.53. The summed E-state index contributed by atoms with van der Waals surface area (Å²) in [6.45, 7) is 8.74. The van der Waals surface area contributed by atoms with Crippen LogP contribution >= 0.6 is 31.9 Å². The number of carbonyl (C=O) groups is 1. The Morgan fingerprint density at radius 3 is 2.62 bits per heavy atom. The lowest BCUT2D eigenvalue weighted by atomic mass is 10.1. The third-order valence-electron chi connectivity index (χ3n) is 5.46. The van der Waals surface area contributed by atoms with Gasteiger partial charge in [-0.2, -0.15) is 5.10 Å². The molecular weight excluding hydrogens is 600 g/mol. The van der Waals surface area contributed by atoms with E-state index in [2.05, 4.69) is 68.0 Å². The molecule has 4 aromatic rings. The van der Waals surface area contributed by atoms with Gasteiger partial charge in [0, 0.05) is 15.4 Å². The first-order valence-corrected chi connectivity index (χ1v) is 13.3. The molecule has 0 aliphatic carbocycles. The molecule has 3 aromatic carbocycles. The number of aryl methyl sites for hydroxylation is 1. The van der Waals surface area contributed by atoms with Crippen molar-refractivity contribution >= 4 is 55.0 Å². The molecule has 0 aliphatic rings. The van der Waals surface area contributed by atoms with E-state index in [0.29, 0.717) is 36.7 Å². The maximum Gasteiger partial charge on any atom is 0.307 e. The number of nitrogens with zero attached hydrogens (tertiary/aromatic N) is 1. The molecule has 0 radical (unpaired) electrons. The summed E-state index contributed by atoms with van der Waals surface area (Å²) in [5, 5.41) is 4.93. The molecule has 0 atom stereocenters. The summed E-state index contributed by atoms with van der Waals surface area (Å²) in [6, 6.07) is 17.4. The predicted octanol–water partition coefficient (Wildman–Crippen LogP) is 7.74. The Hall–Kier alpha value is -3.36. The van der Waals surface area contributed by atoms with E-state index in [0.717, 1.165) is 31.0 Å². The molecule has 1 heterocycles. The monoisotopic (exact) mass is 624 g/mol. The van der Waals surface area contributed by atoms with Crippen molar-refractivity contribution in [3.63, 3.8) is 0 Å². The van der Waals surface area contributed by atoms with Gasteiger partial charge in [-0.1, -0.05) is 51.8 Å². The minimum atomic E-state index is -0.454. The average molecular weight is 626 g/mol. The fraction of sp³-hybridized carbons (Fsp3) is 0.172. The van der Waals surface area contributed by atoms with Gasteiger partial charge < -0.3 is 13.9 Å². The van der Waals surface area contributed by atoms with Crippen molar-refractivity contribution in [1.29, 1.82) is 0 Å². The van der Waals surface area contributed by atoms with Crippen LogP contribution in [0.2, 0.25) is 0 Å². The molecule has 0 aliphatic heterocycles. The van der Waals surface area contributed by atoms with E-state index in [9.17, 15) is 4.79 Å². The van der Waals surface area contributed by atoms with E-state index >= 15 is 0 Å². The molecule has 0 saturated heterocycles. The first-order chi connectivity index (χ1) is 17.9. The van der Waals surface area contributed by atoms with Gasteiger partial charge in [0.2, 0.25) is 0 Å². The van der Waals surface area contributed by atoms with Gasteiger partial charge in [-0.15, -0.1) is 6.58 Å². The smallest absolute Gasteiger partial charge is 0.307 e. The predicted molar refractivity (Wildman–Crippen MR) is 154 cm³/mol. The van der Waals surface area contributed by atoms with Crippen molar-refractivity contribution < 1.29 is 18.7 Å². The van der Waals surface area contributed by atoms with Crippen molar-refractivity contribution in [2.75, 3.05) is 6.61 Å². The zero-order valence-electron chi connectivity index (χ0n) is 20.5. The van der Waals surface area contributed by atoms with Crippen LogP contribution in [0.15, 0.2) is 85.7 Å². The molecule has 0 bridgehead atoms. The van der Waals surface area contributed by atoms with Gasteiger partial charge >= 0.3 is 5.91 Å². The minimum absolute atomic E-state index is 0.160. The fourth-order valence-corrected chi connectivity index (χ4v) is 5.08. The summed E-state index contributed by atoms with van der Waals surface area (Å²) in [6.07, 6.45) is 3.96. The normalized spacial score (nSPS) is 11.1. The van der Waals surface area contributed by atoms with E-state index in [4.69, 9.17) is 13.9 Å². The van der Waals surface area contributed by atoms with Crippen LogP contribution in [-0.4, -0.2) is 18.7 Å². The number of halogens is 2. The van der Waals surface area contributed by atoms with E-state index in [-0.39, 0.29) is 5.76 Å². The Bertz CT molecular complexity index is 1460. The summed E-state index contributed by atoms with van der Waals surface area (Å²) < 4.78 is 19.4. The number of nitrogens with one attached hydrogen (secondary N) is 1. The minimum Gasteiger partial charge on any atom is -0.490 e. The zero-order chi connectivity index (χ0) is 26.4. The highest BCUT2D eigenvalue weighted by molar-refractivity contribution is 9.11. The molecule has 1 amide bonds. The summed E-state index contributed by atoms with van der Waals surface area (Å²) in [4.78, 5) is 12.6. The Labute approximate surface area is 232 Å². The van der Waals surface area contributed by atoms with Crippen molar-refractivity contribution in [1.82, 2.24) is 5.43 Å². The van der Waals surface area contributed by atoms with Gasteiger partial charge in [0.05, 0.1) is 17.3 Å². The highest BCUT2D eigenvalue weighted by Gasteiger charge is 2.15. The molecule has 37 heavy (non-hydrogen) atoms. The number of furan rings is 1. The summed E-state index contributed by atoms with van der Waals surface area (Å²) in [5.41, 5.74) is 7.04. The topological polar surface area (TPSA) is 73.1 Å². The standard InChI is InChI=1S/C29H26Br2N2O4/c1-4-6-21-11-20(12-25(35-5-2)28(21)36-17-19-9-7-18(3)8-10-19)16-32-33-29(34)26-14-22-13-23(30)15-24(31)27(22)37-26/h4,7-16H,1,5-6,17H2,2-3H3,(H,33,34)/b32-16-. The molecule has 1 N–H and O–H groups in total. The van der Waals surface area contributed by atoms with Gasteiger partial charge in [-0.25, -0.2) is 5.43 Å². The number of hydrogen-bond acceptors (Lipinski definition) is 5. The number of hydrogen-bond donors (Lipinski definition) is 1. The van der Waals surface area contributed by atoms with E-state index in [1.54, 1.807) is 12.3 Å². The molecule has 190 valence electrons. The van der Waals surface area contributed by atoms with Crippen molar-refractivity contribution in [2.24, 2.45) is 5.10 Å². The summed E-state index contributed by atoms with van der Waals surface area (Å²) >= 11 is 6.89. The quantitative estimate of drug-likeness (QED) is 0.111. The van der Waals surface area contributed by atoms with Crippen molar-refractivity contribution in [3.05, 3.63) is 104 Å². The maximum atomic E-state index is 12.6. The van der Waals surface area contributed by atoms with Crippen LogP contribution in [0.4, 0.5) is 0 Å². The van der Waals surface area contributed by atoms with Gasteiger partial charge in [-0.3, -0.25) is 4.79 Å². The Morgan fingerprint density at radius 2 is 1.89 bits per heavy atom. The van der Waals surface area contributed by atoms with Crippen LogP contribution in [0.25, 0.3) is 11.0 Å². The number of allylic oxidation sites excluding steroid dienone is 1. The van der Waals surface area contributed by atoms with Gasteiger partial charge in [0.25, 0.3) is 0 Å². The Morgan fingerprint density at radius 1 is 1.11 bits per heavy atom. The molecule has 0 spiro atoms. The lowest BCUT2D eigenvalue weighted by Gasteiger charge is -2.17. The van der Waals surface area contributed by atoms with Gasteiger partial charge in [0.15, 0.2) is 17.3 Å². The largest absolute Gasteiger partial charge is 0.490 e. The van der Waals surface area contributed by atoms with E-state index in [1.807, 2.05) is 49.4 Å². The first kappa shape index (κ1) is 26.7. The third-order valence-corrected chi connectivity index (χ3v) is 6.51. The fourth-order valence-electron chi connectivity index (χ4n) is 3.74. The molecule has 4 rings (SSSR count). The molecule has 0 unspecified atom stereocenters. The number of hydrazone groups is 1. The lowest BCUT2D eigenvalue weighted by molar-refractivity contribution is 0.0929. The molecule has 8 heteroatoms. The molecule has 0 fully saturated rings. The molecular formula is C29H26Br2N2O4. The zero-order valence-corrected chi connectivity index (χ0v) is 23.7. The highest BCUT2D eigenvalue weighted by Crippen LogP contribution is 2.34. The lowest BCUT2D eigenvalue weighted by Crippen LogP contribution is -2.16. The molecule has 0 saturated carbocycles. The van der Waals surface area contributed by atoms with Crippen LogP contribution in [0.5, 0.6) is 11.5 Å². The van der Waals surface area contributed by atoms with Crippen LogP contribution in [0.3, 0.4) is 0 Å². The van der Waals surface area contributed by atoms with Crippen LogP contribution in [0, 0.1) is 6.92 Å². The van der Waals surface area contributed by atoms with Crippen LogP contribution in [-0.2, 0) is 13.0 Å².